The molecule has 0 spiro atoms. The highest BCUT2D eigenvalue weighted by Gasteiger charge is 2.08. The Morgan fingerprint density at radius 1 is 1.17 bits per heavy atom. The highest BCUT2D eigenvalue weighted by Crippen LogP contribution is 2.26. The summed E-state index contributed by atoms with van der Waals surface area (Å²) < 4.78 is 7.00. The van der Waals surface area contributed by atoms with E-state index in [0.717, 1.165) is 27.0 Å². The number of hydrogen-bond donors (Lipinski definition) is 1. The van der Waals surface area contributed by atoms with Gasteiger partial charge in [0, 0.05) is 10.2 Å². The van der Waals surface area contributed by atoms with E-state index in [1.54, 1.807) is 0 Å². The highest BCUT2D eigenvalue weighted by molar-refractivity contribution is 9.10. The number of ether oxygens (including phenoxy) is 1. The fourth-order valence-electron chi connectivity index (χ4n) is 1.77. The fourth-order valence-corrected chi connectivity index (χ4v) is 2.02. The molecule has 94 valence electrons. The van der Waals surface area contributed by atoms with Crippen molar-refractivity contribution < 1.29 is 4.74 Å². The number of nitrogen functional groups attached to an aromatic ring is 1. The number of halogens is 1. The van der Waals surface area contributed by atoms with Crippen molar-refractivity contribution >= 4 is 21.6 Å². The van der Waals surface area contributed by atoms with E-state index in [0.29, 0.717) is 0 Å². The van der Waals surface area contributed by atoms with E-state index in [4.69, 9.17) is 10.5 Å². The van der Waals surface area contributed by atoms with Gasteiger partial charge in [0.05, 0.1) is 0 Å². The van der Waals surface area contributed by atoms with Crippen molar-refractivity contribution in [2.24, 2.45) is 0 Å². The van der Waals surface area contributed by atoms with Crippen LogP contribution >= 0.6 is 15.9 Å². The normalized spacial score (nSPS) is 12.2. The first-order valence-corrected chi connectivity index (χ1v) is 6.64. The lowest BCUT2D eigenvalue weighted by atomic mass is 10.1. The molecule has 0 aliphatic rings. The Morgan fingerprint density at radius 3 is 2.61 bits per heavy atom. The van der Waals surface area contributed by atoms with Crippen molar-refractivity contribution in [3.63, 3.8) is 0 Å². The molecule has 2 aromatic rings. The van der Waals surface area contributed by atoms with Crippen LogP contribution in [0, 0.1) is 6.92 Å². The van der Waals surface area contributed by atoms with Gasteiger partial charge in [-0.05, 0) is 55.3 Å². The zero-order valence-corrected chi connectivity index (χ0v) is 12.1. The van der Waals surface area contributed by atoms with Crippen LogP contribution in [0.2, 0.25) is 0 Å². The van der Waals surface area contributed by atoms with Crippen LogP contribution in [-0.2, 0) is 0 Å². The van der Waals surface area contributed by atoms with Gasteiger partial charge in [-0.15, -0.1) is 0 Å². The molecule has 2 rings (SSSR count). The molecule has 0 heterocycles. The van der Waals surface area contributed by atoms with Crippen molar-refractivity contribution in [2.75, 3.05) is 5.73 Å². The SMILES string of the molecule is Cc1cc(OC(C)c2cccc(N)c2)ccc1Br. The summed E-state index contributed by atoms with van der Waals surface area (Å²) in [7, 11) is 0. The van der Waals surface area contributed by atoms with Gasteiger partial charge in [-0.2, -0.15) is 0 Å². The molecule has 1 unspecified atom stereocenters. The van der Waals surface area contributed by atoms with Crippen LogP contribution in [0.25, 0.3) is 0 Å². The van der Waals surface area contributed by atoms with Gasteiger partial charge in [-0.25, -0.2) is 0 Å². The maximum absolute atomic E-state index is 5.91. The number of nitrogens with two attached hydrogens (primary N) is 1. The van der Waals surface area contributed by atoms with Gasteiger partial charge in [0.15, 0.2) is 0 Å². The Labute approximate surface area is 116 Å². The molecule has 0 radical (unpaired) electrons. The van der Waals surface area contributed by atoms with Crippen LogP contribution in [0.1, 0.15) is 24.2 Å². The van der Waals surface area contributed by atoms with E-state index in [1.807, 2.05) is 56.3 Å². The molecule has 0 aliphatic heterocycles. The van der Waals surface area contributed by atoms with Gasteiger partial charge >= 0.3 is 0 Å². The topological polar surface area (TPSA) is 35.2 Å². The standard InChI is InChI=1S/C15H16BrNO/c1-10-8-14(6-7-15(10)16)18-11(2)12-4-3-5-13(17)9-12/h3-9,11H,17H2,1-2H3. The summed E-state index contributed by atoms with van der Waals surface area (Å²) in [6.45, 7) is 4.06. The van der Waals surface area contributed by atoms with Crippen LogP contribution in [0.3, 0.4) is 0 Å². The molecular formula is C15H16BrNO. The van der Waals surface area contributed by atoms with Crippen molar-refractivity contribution in [1.82, 2.24) is 0 Å². The van der Waals surface area contributed by atoms with E-state index in [2.05, 4.69) is 15.9 Å². The number of benzene rings is 2. The van der Waals surface area contributed by atoms with Crippen molar-refractivity contribution in [1.29, 1.82) is 0 Å². The van der Waals surface area contributed by atoms with Crippen molar-refractivity contribution in [3.8, 4) is 5.75 Å². The Kier molecular flexibility index (Phi) is 3.92. The second-order valence-electron chi connectivity index (χ2n) is 4.34. The average Bonchev–Trinajstić information content (AvgIpc) is 2.34. The predicted molar refractivity (Wildman–Crippen MR) is 78.8 cm³/mol. The number of hydrogen-bond acceptors (Lipinski definition) is 2. The fraction of sp³-hybridized carbons (Fsp3) is 0.200. The Bertz CT molecular complexity index is 554. The summed E-state index contributed by atoms with van der Waals surface area (Å²) in [4.78, 5) is 0. The number of rotatable bonds is 3. The minimum atomic E-state index is -0.0194. The monoisotopic (exact) mass is 305 g/mol. The Balaban J connectivity index is 2.16. The molecule has 3 heteroatoms. The molecular weight excluding hydrogens is 290 g/mol. The third-order valence-electron chi connectivity index (χ3n) is 2.82. The molecule has 0 saturated carbocycles. The third-order valence-corrected chi connectivity index (χ3v) is 3.71. The van der Waals surface area contributed by atoms with E-state index >= 15 is 0 Å². The van der Waals surface area contributed by atoms with E-state index in [9.17, 15) is 0 Å². The number of aryl methyl sites for hydroxylation is 1. The van der Waals surface area contributed by atoms with E-state index < -0.39 is 0 Å². The van der Waals surface area contributed by atoms with Crippen LogP contribution in [-0.4, -0.2) is 0 Å². The summed E-state index contributed by atoms with van der Waals surface area (Å²) in [6, 6.07) is 13.8. The molecule has 0 fully saturated rings. The summed E-state index contributed by atoms with van der Waals surface area (Å²) >= 11 is 3.48. The summed E-state index contributed by atoms with van der Waals surface area (Å²) in [5.41, 5.74) is 8.77. The van der Waals surface area contributed by atoms with Gasteiger partial charge in [0.2, 0.25) is 0 Å². The first-order chi connectivity index (χ1) is 8.56. The third kappa shape index (κ3) is 3.05. The van der Waals surface area contributed by atoms with Crippen molar-refractivity contribution in [2.45, 2.75) is 20.0 Å². The lowest BCUT2D eigenvalue weighted by Gasteiger charge is -2.16. The second kappa shape index (κ2) is 5.44. The van der Waals surface area contributed by atoms with Crippen LogP contribution in [0.15, 0.2) is 46.9 Å². The average molecular weight is 306 g/mol. The van der Waals surface area contributed by atoms with Crippen LogP contribution < -0.4 is 10.5 Å². The lowest BCUT2D eigenvalue weighted by molar-refractivity contribution is 0.227. The van der Waals surface area contributed by atoms with Gasteiger partial charge in [-0.3, -0.25) is 0 Å². The van der Waals surface area contributed by atoms with Gasteiger partial charge in [-0.1, -0.05) is 28.1 Å². The minimum Gasteiger partial charge on any atom is -0.486 e. The van der Waals surface area contributed by atoms with E-state index in [-0.39, 0.29) is 6.10 Å². The molecule has 0 aliphatic carbocycles. The van der Waals surface area contributed by atoms with E-state index in [1.165, 1.54) is 0 Å². The molecule has 18 heavy (non-hydrogen) atoms. The maximum Gasteiger partial charge on any atom is 0.121 e. The largest absolute Gasteiger partial charge is 0.486 e. The molecule has 1 atom stereocenters. The number of anilines is 1. The van der Waals surface area contributed by atoms with Crippen LogP contribution in [0.4, 0.5) is 5.69 Å². The van der Waals surface area contributed by atoms with Gasteiger partial charge in [0.1, 0.15) is 11.9 Å². The molecule has 0 aromatic heterocycles. The first kappa shape index (κ1) is 13.0. The van der Waals surface area contributed by atoms with Crippen molar-refractivity contribution in [3.05, 3.63) is 58.1 Å². The molecule has 0 amide bonds. The first-order valence-electron chi connectivity index (χ1n) is 5.84. The summed E-state index contributed by atoms with van der Waals surface area (Å²) in [5, 5.41) is 0. The Hall–Kier alpha value is -1.48. The summed E-state index contributed by atoms with van der Waals surface area (Å²) in [6.07, 6.45) is -0.0194. The molecule has 0 saturated heterocycles. The smallest absolute Gasteiger partial charge is 0.121 e. The molecule has 0 bridgehead atoms. The Morgan fingerprint density at radius 2 is 1.94 bits per heavy atom. The highest BCUT2D eigenvalue weighted by atomic mass is 79.9. The predicted octanol–water partition coefficient (Wildman–Crippen LogP) is 4.48. The van der Waals surface area contributed by atoms with Crippen LogP contribution in [0.5, 0.6) is 5.75 Å². The van der Waals surface area contributed by atoms with Gasteiger partial charge in [0.25, 0.3) is 0 Å². The lowest BCUT2D eigenvalue weighted by Crippen LogP contribution is -2.03. The second-order valence-corrected chi connectivity index (χ2v) is 5.20. The zero-order valence-electron chi connectivity index (χ0n) is 10.5. The quantitative estimate of drug-likeness (QED) is 0.849. The summed E-state index contributed by atoms with van der Waals surface area (Å²) in [5.74, 6) is 0.866. The van der Waals surface area contributed by atoms with Gasteiger partial charge < -0.3 is 10.5 Å². The minimum absolute atomic E-state index is 0.0194. The maximum atomic E-state index is 5.91. The molecule has 2 nitrogen and oxygen atoms in total. The zero-order chi connectivity index (χ0) is 13.1. The molecule has 2 N–H and O–H groups in total. The molecule has 2 aromatic carbocycles.